The van der Waals surface area contributed by atoms with Crippen molar-refractivity contribution in [1.29, 1.82) is 0 Å². The van der Waals surface area contributed by atoms with Crippen molar-refractivity contribution in [1.82, 2.24) is 25.6 Å². The third-order valence-electron chi connectivity index (χ3n) is 4.64. The molecule has 0 fully saturated rings. The van der Waals surface area contributed by atoms with Crippen LogP contribution in [0.4, 0.5) is 4.79 Å². The van der Waals surface area contributed by atoms with E-state index in [1.165, 1.54) is 0 Å². The first-order valence-corrected chi connectivity index (χ1v) is 9.19. The minimum absolute atomic E-state index is 0.228. The van der Waals surface area contributed by atoms with E-state index in [1.54, 1.807) is 17.2 Å². The quantitative estimate of drug-likeness (QED) is 0.543. The minimum atomic E-state index is -0.235. The summed E-state index contributed by atoms with van der Waals surface area (Å²) in [7, 11) is 0. The first-order chi connectivity index (χ1) is 13.8. The summed E-state index contributed by atoms with van der Waals surface area (Å²) in [5.41, 5.74) is 2.08. The van der Waals surface area contributed by atoms with Crippen LogP contribution in [0.3, 0.4) is 0 Å². The van der Waals surface area contributed by atoms with Gasteiger partial charge >= 0.3 is 6.03 Å². The molecular formula is C22H21N5O. The van der Waals surface area contributed by atoms with E-state index in [4.69, 9.17) is 0 Å². The lowest BCUT2D eigenvalue weighted by molar-refractivity contribution is 0.234. The molecule has 6 nitrogen and oxygen atoms in total. The van der Waals surface area contributed by atoms with E-state index in [1.807, 2.05) is 54.6 Å². The van der Waals surface area contributed by atoms with E-state index < -0.39 is 0 Å². The Morgan fingerprint density at radius 3 is 2.43 bits per heavy atom. The van der Waals surface area contributed by atoms with Gasteiger partial charge in [-0.05, 0) is 21.9 Å². The summed E-state index contributed by atoms with van der Waals surface area (Å²) in [6, 6.07) is 23.6. The van der Waals surface area contributed by atoms with E-state index in [-0.39, 0.29) is 12.1 Å². The minimum Gasteiger partial charge on any atom is -0.334 e. The zero-order chi connectivity index (χ0) is 19.2. The van der Waals surface area contributed by atoms with Crippen LogP contribution >= 0.6 is 0 Å². The summed E-state index contributed by atoms with van der Waals surface area (Å²) in [5, 5.41) is 16.6. The molecule has 2 N–H and O–H groups in total. The van der Waals surface area contributed by atoms with Gasteiger partial charge in [-0.25, -0.2) is 4.79 Å². The van der Waals surface area contributed by atoms with Crippen LogP contribution in [-0.2, 0) is 13.1 Å². The lowest BCUT2D eigenvalue weighted by Gasteiger charge is -2.19. The SMILES string of the molecule is O=C(NCc1cccc2ccccc12)NC(Cn1nccn1)c1ccccc1. The molecule has 4 aromatic rings. The number of aromatic nitrogens is 3. The molecule has 0 saturated heterocycles. The standard InChI is InChI=1S/C22H21N5O/c28-22(23-15-19-11-6-10-17-7-4-5-12-20(17)19)26-21(16-27-24-13-14-25-27)18-8-2-1-3-9-18/h1-14,21H,15-16H2,(H2,23,26,28). The van der Waals surface area contributed by atoms with Crippen molar-refractivity contribution in [2.24, 2.45) is 0 Å². The van der Waals surface area contributed by atoms with Gasteiger partial charge in [-0.1, -0.05) is 72.8 Å². The largest absolute Gasteiger partial charge is 0.334 e. The van der Waals surface area contributed by atoms with Crippen molar-refractivity contribution in [3.05, 3.63) is 96.3 Å². The van der Waals surface area contributed by atoms with Crippen molar-refractivity contribution in [2.45, 2.75) is 19.1 Å². The van der Waals surface area contributed by atoms with Crippen LogP contribution in [0.5, 0.6) is 0 Å². The summed E-state index contributed by atoms with van der Waals surface area (Å²) in [5.74, 6) is 0. The molecule has 1 heterocycles. The number of urea groups is 1. The molecule has 3 aromatic carbocycles. The fourth-order valence-corrected chi connectivity index (χ4v) is 3.25. The van der Waals surface area contributed by atoms with E-state index in [2.05, 4.69) is 39.0 Å². The Hall–Kier alpha value is -3.67. The fourth-order valence-electron chi connectivity index (χ4n) is 3.25. The Labute approximate surface area is 163 Å². The van der Waals surface area contributed by atoms with E-state index in [0.717, 1.165) is 21.9 Å². The molecule has 0 aliphatic rings. The molecule has 28 heavy (non-hydrogen) atoms. The summed E-state index contributed by atoms with van der Waals surface area (Å²) < 4.78 is 0. The summed E-state index contributed by atoms with van der Waals surface area (Å²) in [6.45, 7) is 0.910. The van der Waals surface area contributed by atoms with Crippen LogP contribution in [0.15, 0.2) is 85.2 Å². The van der Waals surface area contributed by atoms with Crippen LogP contribution in [0, 0.1) is 0 Å². The number of nitrogens with zero attached hydrogens (tertiary/aromatic N) is 3. The second kappa shape index (κ2) is 8.35. The lowest BCUT2D eigenvalue weighted by Crippen LogP contribution is -2.39. The highest BCUT2D eigenvalue weighted by Gasteiger charge is 2.16. The van der Waals surface area contributed by atoms with Crippen molar-refractivity contribution < 1.29 is 4.79 Å². The maximum Gasteiger partial charge on any atom is 0.315 e. The van der Waals surface area contributed by atoms with Gasteiger partial charge in [0.1, 0.15) is 0 Å². The average Bonchev–Trinajstić information content (AvgIpc) is 3.25. The van der Waals surface area contributed by atoms with Crippen LogP contribution in [0.25, 0.3) is 10.8 Å². The molecule has 4 rings (SSSR count). The number of hydrogen-bond acceptors (Lipinski definition) is 3. The Balaban J connectivity index is 1.45. The molecule has 0 bridgehead atoms. The van der Waals surface area contributed by atoms with Gasteiger partial charge in [0, 0.05) is 6.54 Å². The van der Waals surface area contributed by atoms with Gasteiger partial charge in [0.25, 0.3) is 0 Å². The smallest absolute Gasteiger partial charge is 0.315 e. The van der Waals surface area contributed by atoms with Crippen LogP contribution < -0.4 is 10.6 Å². The lowest BCUT2D eigenvalue weighted by atomic mass is 10.0. The normalized spacial score (nSPS) is 11.9. The molecule has 1 aromatic heterocycles. The average molecular weight is 371 g/mol. The van der Waals surface area contributed by atoms with Gasteiger partial charge in [0.2, 0.25) is 0 Å². The summed E-state index contributed by atoms with van der Waals surface area (Å²) >= 11 is 0. The Morgan fingerprint density at radius 2 is 1.61 bits per heavy atom. The Morgan fingerprint density at radius 1 is 0.893 bits per heavy atom. The maximum absolute atomic E-state index is 12.6. The second-order valence-electron chi connectivity index (χ2n) is 6.51. The highest BCUT2D eigenvalue weighted by Crippen LogP contribution is 2.18. The zero-order valence-corrected chi connectivity index (χ0v) is 15.3. The molecule has 2 amide bonds. The van der Waals surface area contributed by atoms with Crippen molar-refractivity contribution >= 4 is 16.8 Å². The van der Waals surface area contributed by atoms with Gasteiger partial charge in [0.05, 0.1) is 25.0 Å². The molecular weight excluding hydrogens is 350 g/mol. The second-order valence-corrected chi connectivity index (χ2v) is 6.51. The number of nitrogens with one attached hydrogen (secondary N) is 2. The van der Waals surface area contributed by atoms with E-state index in [9.17, 15) is 4.79 Å². The first-order valence-electron chi connectivity index (χ1n) is 9.19. The third kappa shape index (κ3) is 4.17. The van der Waals surface area contributed by atoms with E-state index >= 15 is 0 Å². The predicted molar refractivity (Wildman–Crippen MR) is 109 cm³/mol. The summed E-state index contributed by atoms with van der Waals surface area (Å²) in [4.78, 5) is 14.2. The fraction of sp³-hybridized carbons (Fsp3) is 0.136. The molecule has 0 spiro atoms. The highest BCUT2D eigenvalue weighted by molar-refractivity contribution is 5.86. The number of amides is 2. The molecule has 0 aliphatic carbocycles. The molecule has 0 aliphatic heterocycles. The maximum atomic E-state index is 12.6. The van der Waals surface area contributed by atoms with Gasteiger partial charge in [0.15, 0.2) is 0 Å². The van der Waals surface area contributed by atoms with Gasteiger partial charge < -0.3 is 10.6 Å². The number of carbonyl (C=O) groups excluding carboxylic acids is 1. The number of rotatable bonds is 6. The van der Waals surface area contributed by atoms with Gasteiger partial charge in [-0.2, -0.15) is 15.0 Å². The molecule has 140 valence electrons. The molecule has 6 heteroatoms. The third-order valence-corrected chi connectivity index (χ3v) is 4.64. The summed E-state index contributed by atoms with van der Waals surface area (Å²) in [6.07, 6.45) is 3.26. The number of fused-ring (bicyclic) bond motifs is 1. The number of carbonyl (C=O) groups is 1. The van der Waals surface area contributed by atoms with Crippen molar-refractivity contribution in [2.75, 3.05) is 0 Å². The van der Waals surface area contributed by atoms with Crippen molar-refractivity contribution in [3.63, 3.8) is 0 Å². The first kappa shape index (κ1) is 17.7. The molecule has 1 unspecified atom stereocenters. The molecule has 1 atom stereocenters. The van der Waals surface area contributed by atoms with Crippen LogP contribution in [0.2, 0.25) is 0 Å². The zero-order valence-electron chi connectivity index (χ0n) is 15.3. The predicted octanol–water partition coefficient (Wildman–Crippen LogP) is 3.67. The Kier molecular flexibility index (Phi) is 5.29. The van der Waals surface area contributed by atoms with Crippen LogP contribution in [0.1, 0.15) is 17.2 Å². The van der Waals surface area contributed by atoms with Crippen molar-refractivity contribution in [3.8, 4) is 0 Å². The monoisotopic (exact) mass is 371 g/mol. The van der Waals surface area contributed by atoms with Crippen LogP contribution in [-0.4, -0.2) is 21.0 Å². The topological polar surface area (TPSA) is 71.8 Å². The molecule has 0 saturated carbocycles. The van der Waals surface area contributed by atoms with E-state index in [0.29, 0.717) is 13.1 Å². The Bertz CT molecular complexity index is 1040. The molecule has 0 radical (unpaired) electrons. The number of hydrogen-bond donors (Lipinski definition) is 2. The number of benzene rings is 3. The van der Waals surface area contributed by atoms with Gasteiger partial charge in [-0.15, -0.1) is 0 Å². The van der Waals surface area contributed by atoms with Gasteiger partial charge in [-0.3, -0.25) is 0 Å². The highest BCUT2D eigenvalue weighted by atomic mass is 16.2.